The van der Waals surface area contributed by atoms with Crippen LogP contribution in [0, 0.1) is 0 Å². The van der Waals surface area contributed by atoms with Crippen LogP contribution in [0.15, 0.2) is 18.2 Å². The van der Waals surface area contributed by atoms with E-state index < -0.39 is 0 Å². The molecule has 0 saturated carbocycles. The van der Waals surface area contributed by atoms with Gasteiger partial charge in [0.2, 0.25) is 0 Å². The number of rotatable bonds is 2. The Morgan fingerprint density at radius 3 is 3.06 bits per heavy atom. The summed E-state index contributed by atoms with van der Waals surface area (Å²) in [6, 6.07) is 6.44. The summed E-state index contributed by atoms with van der Waals surface area (Å²) in [5.74, 6) is 0.215. The number of fused-ring (bicyclic) bond motifs is 3. The summed E-state index contributed by atoms with van der Waals surface area (Å²) in [7, 11) is 0. The van der Waals surface area contributed by atoms with Crippen molar-refractivity contribution in [2.75, 3.05) is 19.6 Å². The Hall–Kier alpha value is -1.35. The van der Waals surface area contributed by atoms with E-state index in [0.29, 0.717) is 0 Å². The smallest absolute Gasteiger partial charge is 0.255 e. The van der Waals surface area contributed by atoms with Gasteiger partial charge in [0.25, 0.3) is 5.91 Å². The number of carbonyl (C=O) groups is 1. The maximum Gasteiger partial charge on any atom is 0.255 e. The molecule has 1 saturated heterocycles. The molecule has 0 aliphatic carbocycles. The molecule has 0 spiro atoms. The lowest BCUT2D eigenvalue weighted by Crippen LogP contribution is -2.55. The number of benzene rings is 1. The van der Waals surface area contributed by atoms with Crippen molar-refractivity contribution in [1.29, 1.82) is 0 Å². The molecule has 1 fully saturated rings. The third-order valence-corrected chi connectivity index (χ3v) is 4.26. The van der Waals surface area contributed by atoms with Gasteiger partial charge in [0.05, 0.1) is 5.54 Å². The summed E-state index contributed by atoms with van der Waals surface area (Å²) in [5.41, 5.74) is 3.25. The molecule has 2 aliphatic rings. The van der Waals surface area contributed by atoms with Crippen LogP contribution >= 0.6 is 0 Å². The maximum absolute atomic E-state index is 12.5. The van der Waals surface area contributed by atoms with Crippen LogP contribution in [0.2, 0.25) is 0 Å². The molecule has 3 rings (SSSR count). The fraction of sp³-hybridized carbons (Fsp3) is 0.533. The first-order chi connectivity index (χ1) is 8.66. The Labute approximate surface area is 108 Å². The van der Waals surface area contributed by atoms with E-state index in [1.807, 2.05) is 4.90 Å². The van der Waals surface area contributed by atoms with Crippen molar-refractivity contribution in [2.24, 2.45) is 0 Å². The van der Waals surface area contributed by atoms with Gasteiger partial charge in [-0.1, -0.05) is 25.5 Å². The predicted octanol–water partition coefficient (Wildman–Crippen LogP) is 1.91. The largest absolute Gasteiger partial charge is 0.327 e. The van der Waals surface area contributed by atoms with E-state index in [-0.39, 0.29) is 11.4 Å². The van der Waals surface area contributed by atoms with Crippen molar-refractivity contribution in [3.63, 3.8) is 0 Å². The highest BCUT2D eigenvalue weighted by Gasteiger charge is 2.47. The Morgan fingerprint density at radius 2 is 2.28 bits per heavy atom. The van der Waals surface area contributed by atoms with Crippen LogP contribution < -0.4 is 5.32 Å². The third kappa shape index (κ3) is 1.50. The van der Waals surface area contributed by atoms with Crippen LogP contribution in [-0.2, 0) is 12.0 Å². The molecule has 0 radical (unpaired) electrons. The quantitative estimate of drug-likeness (QED) is 0.862. The van der Waals surface area contributed by atoms with Gasteiger partial charge in [-0.2, -0.15) is 0 Å². The molecule has 18 heavy (non-hydrogen) atoms. The fourth-order valence-electron chi connectivity index (χ4n) is 3.26. The van der Waals surface area contributed by atoms with Gasteiger partial charge in [0.15, 0.2) is 0 Å². The molecular formula is C15H20N2O. The van der Waals surface area contributed by atoms with Crippen LogP contribution in [0.1, 0.15) is 41.8 Å². The van der Waals surface area contributed by atoms with Crippen LogP contribution in [0.3, 0.4) is 0 Å². The van der Waals surface area contributed by atoms with Gasteiger partial charge in [-0.05, 0) is 30.5 Å². The molecule has 0 aromatic heterocycles. The lowest BCUT2D eigenvalue weighted by atomic mass is 9.89. The first kappa shape index (κ1) is 11.7. The number of carbonyl (C=O) groups excluding carboxylic acids is 1. The number of hydrogen-bond donors (Lipinski definition) is 1. The zero-order valence-electron chi connectivity index (χ0n) is 11.1. The van der Waals surface area contributed by atoms with E-state index in [1.54, 1.807) is 0 Å². The number of nitrogens with one attached hydrogen (secondary N) is 1. The topological polar surface area (TPSA) is 32.3 Å². The molecule has 1 aromatic rings. The van der Waals surface area contributed by atoms with Crippen LogP contribution in [0.5, 0.6) is 0 Å². The van der Waals surface area contributed by atoms with Crippen LogP contribution in [0.4, 0.5) is 0 Å². The van der Waals surface area contributed by atoms with Crippen LogP contribution in [0.25, 0.3) is 0 Å². The molecule has 3 nitrogen and oxygen atoms in total. The summed E-state index contributed by atoms with van der Waals surface area (Å²) < 4.78 is 0. The SMILES string of the molecule is CCCc1ccc2c(c1)C(=O)N1CCNCC21C. The molecule has 2 aliphatic heterocycles. The van der Waals surface area contributed by atoms with Crippen molar-refractivity contribution >= 4 is 5.91 Å². The minimum Gasteiger partial charge on any atom is -0.327 e. The van der Waals surface area contributed by atoms with E-state index in [4.69, 9.17) is 0 Å². The molecule has 96 valence electrons. The minimum absolute atomic E-state index is 0.143. The molecule has 0 bridgehead atoms. The summed E-state index contributed by atoms with van der Waals surface area (Å²) in [6.45, 7) is 6.91. The maximum atomic E-state index is 12.5. The number of nitrogens with zero attached hydrogens (tertiary/aromatic N) is 1. The van der Waals surface area contributed by atoms with Gasteiger partial charge in [0.1, 0.15) is 0 Å². The van der Waals surface area contributed by atoms with E-state index in [2.05, 4.69) is 37.4 Å². The van der Waals surface area contributed by atoms with Gasteiger partial charge in [0, 0.05) is 25.2 Å². The van der Waals surface area contributed by atoms with Gasteiger partial charge >= 0.3 is 0 Å². The lowest BCUT2D eigenvalue weighted by Gasteiger charge is -2.40. The molecule has 1 atom stereocenters. The van der Waals surface area contributed by atoms with Crippen molar-refractivity contribution in [3.8, 4) is 0 Å². The minimum atomic E-state index is -0.143. The Balaban J connectivity index is 2.07. The van der Waals surface area contributed by atoms with Gasteiger partial charge < -0.3 is 10.2 Å². The zero-order chi connectivity index (χ0) is 12.8. The summed E-state index contributed by atoms with van der Waals surface area (Å²) in [6.07, 6.45) is 2.17. The highest BCUT2D eigenvalue weighted by Crippen LogP contribution is 2.39. The van der Waals surface area contributed by atoms with E-state index in [9.17, 15) is 4.79 Å². The second kappa shape index (κ2) is 4.09. The molecule has 2 heterocycles. The van der Waals surface area contributed by atoms with Crippen molar-refractivity contribution < 1.29 is 4.79 Å². The molecule has 1 unspecified atom stereocenters. The Morgan fingerprint density at radius 1 is 1.44 bits per heavy atom. The lowest BCUT2D eigenvalue weighted by molar-refractivity contribution is 0.0510. The molecule has 1 amide bonds. The molecule has 1 N–H and O–H groups in total. The number of amides is 1. The van der Waals surface area contributed by atoms with Crippen molar-refractivity contribution in [3.05, 3.63) is 34.9 Å². The summed E-state index contributed by atoms with van der Waals surface area (Å²) >= 11 is 0. The highest BCUT2D eigenvalue weighted by atomic mass is 16.2. The normalized spacial score (nSPS) is 26.1. The average Bonchev–Trinajstić information content (AvgIpc) is 2.59. The second-order valence-electron chi connectivity index (χ2n) is 5.54. The molecule has 1 aromatic carbocycles. The van der Waals surface area contributed by atoms with E-state index in [1.165, 1.54) is 11.1 Å². The van der Waals surface area contributed by atoms with Crippen LogP contribution in [-0.4, -0.2) is 30.4 Å². The predicted molar refractivity (Wildman–Crippen MR) is 71.7 cm³/mol. The van der Waals surface area contributed by atoms with Gasteiger partial charge in [-0.25, -0.2) is 0 Å². The summed E-state index contributed by atoms with van der Waals surface area (Å²) in [4.78, 5) is 14.5. The fourth-order valence-corrected chi connectivity index (χ4v) is 3.26. The first-order valence-corrected chi connectivity index (χ1v) is 6.83. The van der Waals surface area contributed by atoms with E-state index >= 15 is 0 Å². The van der Waals surface area contributed by atoms with Gasteiger partial charge in [-0.15, -0.1) is 0 Å². The van der Waals surface area contributed by atoms with Crippen molar-refractivity contribution in [1.82, 2.24) is 10.2 Å². The second-order valence-corrected chi connectivity index (χ2v) is 5.54. The Kier molecular flexibility index (Phi) is 2.67. The average molecular weight is 244 g/mol. The number of hydrogen-bond acceptors (Lipinski definition) is 2. The third-order valence-electron chi connectivity index (χ3n) is 4.26. The first-order valence-electron chi connectivity index (χ1n) is 6.83. The Bertz CT molecular complexity index is 497. The van der Waals surface area contributed by atoms with Crippen molar-refractivity contribution in [2.45, 2.75) is 32.2 Å². The van der Waals surface area contributed by atoms with Gasteiger partial charge in [-0.3, -0.25) is 4.79 Å². The molecule has 3 heteroatoms. The monoisotopic (exact) mass is 244 g/mol. The zero-order valence-corrected chi connectivity index (χ0v) is 11.1. The highest BCUT2D eigenvalue weighted by molar-refractivity contribution is 6.00. The van der Waals surface area contributed by atoms with E-state index in [0.717, 1.165) is 38.0 Å². The standard InChI is InChI=1S/C15H20N2O/c1-3-4-11-5-6-13-12(9-11)14(18)17-8-7-16-10-15(13,17)2/h5-6,9,16H,3-4,7-8,10H2,1-2H3. The molecular weight excluding hydrogens is 224 g/mol. The summed E-state index contributed by atoms with van der Waals surface area (Å²) in [5, 5.41) is 3.40. The number of aryl methyl sites for hydroxylation is 1. The number of piperazine rings is 1.